The van der Waals surface area contributed by atoms with Crippen LogP contribution in [0.4, 0.5) is 0 Å². The Hall–Kier alpha value is -1.50. The molecular weight excluding hydrogens is 306 g/mol. The van der Waals surface area contributed by atoms with E-state index in [-0.39, 0.29) is 17.9 Å². The number of hydroxylamine groups is 2. The molecule has 0 saturated carbocycles. The molecule has 3 fully saturated rings. The first-order valence-electron chi connectivity index (χ1n) is 8.99. The molecule has 3 saturated heterocycles. The van der Waals surface area contributed by atoms with Crippen molar-refractivity contribution in [3.63, 3.8) is 0 Å². The van der Waals surface area contributed by atoms with Crippen LogP contribution in [-0.4, -0.2) is 59.8 Å². The third kappa shape index (κ3) is 3.31. The minimum atomic E-state index is -0.0342. The highest BCUT2D eigenvalue weighted by Crippen LogP contribution is 2.35. The second kappa shape index (κ2) is 7.17. The molecule has 6 nitrogen and oxygen atoms in total. The molecule has 0 N–H and O–H groups in total. The third-order valence-electron chi connectivity index (χ3n) is 5.35. The summed E-state index contributed by atoms with van der Waals surface area (Å²) in [5.74, 6) is 0.428. The number of hydrogen-bond donors (Lipinski definition) is 0. The number of aromatic nitrogens is 1. The van der Waals surface area contributed by atoms with E-state index in [4.69, 9.17) is 9.57 Å². The zero-order valence-electron chi connectivity index (χ0n) is 14.0. The summed E-state index contributed by atoms with van der Waals surface area (Å²) in [6.07, 6.45) is 5.02. The number of carbonyl (C=O) groups excluding carboxylic acids is 1. The molecule has 0 aromatic carbocycles. The Morgan fingerprint density at radius 3 is 3.00 bits per heavy atom. The molecule has 1 aromatic heterocycles. The van der Waals surface area contributed by atoms with Crippen LogP contribution >= 0.6 is 0 Å². The van der Waals surface area contributed by atoms with E-state index in [1.807, 2.05) is 24.4 Å². The zero-order chi connectivity index (χ0) is 16.4. The molecule has 130 valence electrons. The molecule has 0 unspecified atom stereocenters. The van der Waals surface area contributed by atoms with Crippen LogP contribution in [0, 0.1) is 11.8 Å². The monoisotopic (exact) mass is 331 g/mol. The van der Waals surface area contributed by atoms with Crippen molar-refractivity contribution in [3.05, 3.63) is 30.1 Å². The van der Waals surface area contributed by atoms with Crippen LogP contribution in [0.15, 0.2) is 24.4 Å². The average Bonchev–Trinajstić information content (AvgIpc) is 3.10. The SMILES string of the molecule is O=C([C@H]1CN(Cc2ccccn2)C[C@H]2OCC[C@@H]12)N1CCCCO1. The van der Waals surface area contributed by atoms with Gasteiger partial charge in [0.1, 0.15) is 0 Å². The summed E-state index contributed by atoms with van der Waals surface area (Å²) in [6.45, 7) is 4.54. The molecule has 6 heteroatoms. The number of likely N-dealkylation sites (tertiary alicyclic amines) is 1. The van der Waals surface area contributed by atoms with E-state index < -0.39 is 0 Å². The lowest BCUT2D eigenvalue weighted by Gasteiger charge is -2.41. The van der Waals surface area contributed by atoms with Crippen LogP contribution in [0.5, 0.6) is 0 Å². The Bertz CT molecular complexity index is 562. The van der Waals surface area contributed by atoms with Crippen LogP contribution in [0.1, 0.15) is 25.0 Å². The number of rotatable bonds is 3. The molecule has 3 atom stereocenters. The van der Waals surface area contributed by atoms with Gasteiger partial charge in [-0.25, -0.2) is 5.06 Å². The summed E-state index contributed by atoms with van der Waals surface area (Å²) >= 11 is 0. The Morgan fingerprint density at radius 2 is 2.21 bits per heavy atom. The maximum absolute atomic E-state index is 13.0. The number of piperidine rings is 1. The molecule has 1 amide bonds. The van der Waals surface area contributed by atoms with Crippen molar-refractivity contribution in [1.29, 1.82) is 0 Å². The van der Waals surface area contributed by atoms with Crippen molar-refractivity contribution < 1.29 is 14.4 Å². The van der Waals surface area contributed by atoms with E-state index in [2.05, 4.69) is 9.88 Å². The van der Waals surface area contributed by atoms with Gasteiger partial charge in [0.15, 0.2) is 0 Å². The molecule has 24 heavy (non-hydrogen) atoms. The summed E-state index contributed by atoms with van der Waals surface area (Å²) < 4.78 is 5.92. The van der Waals surface area contributed by atoms with Gasteiger partial charge >= 0.3 is 0 Å². The summed E-state index contributed by atoms with van der Waals surface area (Å²) in [4.78, 5) is 25.3. The standard InChI is InChI=1S/C18H25N3O3/c22-18(21-8-3-4-9-24-21)16-12-20(11-14-5-1-2-7-19-14)13-17-15(16)6-10-23-17/h1-2,5,7,15-17H,3-4,6,8-13H2/t15-,16-,17+/m0/s1. The highest BCUT2D eigenvalue weighted by atomic mass is 16.7. The van der Waals surface area contributed by atoms with Crippen molar-refractivity contribution >= 4 is 5.91 Å². The largest absolute Gasteiger partial charge is 0.377 e. The number of amides is 1. The minimum absolute atomic E-state index is 0.0342. The number of nitrogens with zero attached hydrogens (tertiary/aromatic N) is 3. The summed E-state index contributed by atoms with van der Waals surface area (Å²) in [5.41, 5.74) is 1.04. The van der Waals surface area contributed by atoms with Crippen LogP contribution < -0.4 is 0 Å². The minimum Gasteiger partial charge on any atom is -0.377 e. The van der Waals surface area contributed by atoms with Gasteiger partial charge in [0.2, 0.25) is 0 Å². The first-order valence-corrected chi connectivity index (χ1v) is 8.99. The second-order valence-electron chi connectivity index (χ2n) is 6.96. The molecule has 0 bridgehead atoms. The number of hydrogen-bond acceptors (Lipinski definition) is 5. The predicted octanol–water partition coefficient (Wildman–Crippen LogP) is 1.47. The normalized spacial score (nSPS) is 31.0. The molecular formula is C18H25N3O3. The first kappa shape index (κ1) is 16.0. The number of pyridine rings is 1. The van der Waals surface area contributed by atoms with Crippen molar-refractivity contribution in [3.8, 4) is 0 Å². The molecule has 0 radical (unpaired) electrons. The van der Waals surface area contributed by atoms with Gasteiger partial charge in [-0.15, -0.1) is 0 Å². The van der Waals surface area contributed by atoms with Gasteiger partial charge in [-0.2, -0.15) is 0 Å². The number of ether oxygens (including phenoxy) is 1. The van der Waals surface area contributed by atoms with Crippen molar-refractivity contribution in [2.24, 2.45) is 11.8 Å². The van der Waals surface area contributed by atoms with Gasteiger partial charge in [-0.3, -0.25) is 19.5 Å². The predicted molar refractivity (Wildman–Crippen MR) is 87.8 cm³/mol. The van der Waals surface area contributed by atoms with Gasteiger partial charge in [-0.05, 0) is 31.4 Å². The Kier molecular flexibility index (Phi) is 4.78. The maximum atomic E-state index is 13.0. The quantitative estimate of drug-likeness (QED) is 0.840. The lowest BCUT2D eigenvalue weighted by Crippen LogP contribution is -2.53. The second-order valence-corrected chi connectivity index (χ2v) is 6.96. The Morgan fingerprint density at radius 1 is 1.25 bits per heavy atom. The molecule has 0 aliphatic carbocycles. The van der Waals surface area contributed by atoms with E-state index in [9.17, 15) is 4.79 Å². The highest BCUT2D eigenvalue weighted by Gasteiger charge is 2.45. The van der Waals surface area contributed by atoms with Crippen molar-refractivity contribution in [2.45, 2.75) is 31.9 Å². The van der Waals surface area contributed by atoms with Gasteiger partial charge in [0.05, 0.1) is 24.3 Å². The summed E-state index contributed by atoms with van der Waals surface area (Å²) in [7, 11) is 0. The van der Waals surface area contributed by atoms with Crippen molar-refractivity contribution in [2.75, 3.05) is 32.8 Å². The van der Waals surface area contributed by atoms with Gasteiger partial charge in [-0.1, -0.05) is 6.07 Å². The molecule has 0 spiro atoms. The molecule has 4 rings (SSSR count). The van der Waals surface area contributed by atoms with Crippen LogP contribution in [0.2, 0.25) is 0 Å². The van der Waals surface area contributed by atoms with Crippen LogP contribution in [-0.2, 0) is 20.9 Å². The van der Waals surface area contributed by atoms with Gasteiger partial charge < -0.3 is 4.74 Å². The molecule has 3 aliphatic heterocycles. The summed E-state index contributed by atoms with van der Waals surface area (Å²) in [6, 6.07) is 5.97. The van der Waals surface area contributed by atoms with Crippen LogP contribution in [0.25, 0.3) is 0 Å². The number of carbonyl (C=O) groups is 1. The highest BCUT2D eigenvalue weighted by molar-refractivity contribution is 5.78. The third-order valence-corrected chi connectivity index (χ3v) is 5.35. The van der Waals surface area contributed by atoms with E-state index in [0.29, 0.717) is 19.1 Å². The zero-order valence-corrected chi connectivity index (χ0v) is 14.0. The molecule has 4 heterocycles. The van der Waals surface area contributed by atoms with Gasteiger partial charge in [0, 0.05) is 44.9 Å². The smallest absolute Gasteiger partial charge is 0.250 e. The first-order chi connectivity index (χ1) is 11.8. The fourth-order valence-corrected chi connectivity index (χ4v) is 4.12. The lowest BCUT2D eigenvalue weighted by molar-refractivity contribution is -0.205. The topological polar surface area (TPSA) is 54.9 Å². The molecule has 3 aliphatic rings. The Balaban J connectivity index is 1.47. The van der Waals surface area contributed by atoms with E-state index in [1.54, 1.807) is 5.06 Å². The fraction of sp³-hybridized carbons (Fsp3) is 0.667. The van der Waals surface area contributed by atoms with Crippen molar-refractivity contribution in [1.82, 2.24) is 14.9 Å². The lowest BCUT2D eigenvalue weighted by atomic mass is 9.82. The maximum Gasteiger partial charge on any atom is 0.250 e. The molecule has 1 aromatic rings. The van der Waals surface area contributed by atoms with E-state index in [0.717, 1.165) is 51.2 Å². The van der Waals surface area contributed by atoms with E-state index >= 15 is 0 Å². The van der Waals surface area contributed by atoms with E-state index in [1.165, 1.54) is 0 Å². The summed E-state index contributed by atoms with van der Waals surface area (Å²) in [5, 5.41) is 1.60. The van der Waals surface area contributed by atoms with Gasteiger partial charge in [0.25, 0.3) is 5.91 Å². The average molecular weight is 331 g/mol. The van der Waals surface area contributed by atoms with Crippen LogP contribution in [0.3, 0.4) is 0 Å². The fourth-order valence-electron chi connectivity index (χ4n) is 4.12. The Labute approximate surface area is 142 Å². The number of fused-ring (bicyclic) bond motifs is 1.